The minimum absolute atomic E-state index is 0.370. The molecule has 1 nitrogen and oxygen atoms in total. The summed E-state index contributed by atoms with van der Waals surface area (Å²) in [4.78, 5) is 0. The molecule has 1 aromatic carbocycles. The van der Waals surface area contributed by atoms with Crippen LogP contribution in [0.1, 0.15) is 0 Å². The molecule has 0 amide bonds. The average Bonchev–Trinajstić information content (AvgIpc) is 2.03. The van der Waals surface area contributed by atoms with E-state index >= 15 is 0 Å². The number of rotatable bonds is 2. The van der Waals surface area contributed by atoms with E-state index in [1.54, 1.807) is 0 Å². The van der Waals surface area contributed by atoms with Gasteiger partial charge in [0.05, 0.1) is 7.59 Å². The van der Waals surface area contributed by atoms with Gasteiger partial charge in [0.15, 0.2) is 0 Å². The van der Waals surface area contributed by atoms with Crippen molar-refractivity contribution >= 4 is 20.4 Å². The molecule has 0 bridgehead atoms. The quantitative estimate of drug-likeness (QED) is 0.766. The van der Waals surface area contributed by atoms with Crippen molar-refractivity contribution in [3.63, 3.8) is 0 Å². The third-order valence-electron chi connectivity index (χ3n) is 3.46. The molecule has 0 radical (unpaired) electrons. The second-order valence-corrected chi connectivity index (χ2v) is 22.0. The second kappa shape index (κ2) is 3.55. The van der Waals surface area contributed by atoms with Crippen molar-refractivity contribution < 1.29 is 5.11 Å². The van der Waals surface area contributed by atoms with Gasteiger partial charge >= 0.3 is 0 Å². The highest BCUT2D eigenvalue weighted by molar-refractivity contribution is 7.45. The van der Waals surface area contributed by atoms with Crippen LogP contribution in [0.15, 0.2) is 24.3 Å². The van der Waals surface area contributed by atoms with Gasteiger partial charge in [0, 0.05) is 7.59 Å². The smallest absolute Gasteiger partial charge is 0.115 e. The van der Waals surface area contributed by atoms with Crippen LogP contribution in [0.5, 0.6) is 5.75 Å². The molecule has 78 valence electrons. The Balaban J connectivity index is 3.10. The highest BCUT2D eigenvalue weighted by Gasteiger charge is 2.37. The molecule has 0 heterocycles. The summed E-state index contributed by atoms with van der Waals surface area (Å²) in [6, 6.07) is 7.81. The van der Waals surface area contributed by atoms with Crippen LogP contribution in [-0.2, 0) is 0 Å². The van der Waals surface area contributed by atoms with Gasteiger partial charge in [-0.1, -0.05) is 50.1 Å². The molecule has 1 N–H and O–H groups in total. The number of hydrogen-bond donors (Lipinski definition) is 1. The Kier molecular flexibility index (Phi) is 2.92. The number of benzene rings is 1. The van der Waals surface area contributed by atoms with E-state index in [0.29, 0.717) is 5.75 Å². The molecule has 0 atom stereocenters. The molecule has 3 heteroatoms. The Morgan fingerprint density at radius 1 is 0.857 bits per heavy atom. The topological polar surface area (TPSA) is 20.2 Å². The monoisotopic (exact) mass is 224 g/mol. The van der Waals surface area contributed by atoms with Crippen LogP contribution in [0.4, 0.5) is 0 Å². The molecule has 1 rings (SSSR count). The fourth-order valence-electron chi connectivity index (χ4n) is 1.31. The molecule has 0 aliphatic heterocycles. The molecule has 0 aliphatic rings. The van der Waals surface area contributed by atoms with Crippen LogP contribution in [0.2, 0.25) is 32.7 Å². The average molecular weight is 224 g/mol. The van der Waals surface area contributed by atoms with E-state index in [1.165, 1.54) is 5.19 Å². The van der Waals surface area contributed by atoms with Crippen molar-refractivity contribution in [2.75, 3.05) is 0 Å². The van der Waals surface area contributed by atoms with Crippen LogP contribution in [0.25, 0.3) is 0 Å². The molecule has 0 fully saturated rings. The zero-order chi connectivity index (χ0) is 11.0. The standard InChI is InChI=1S/C11H20OSi2/c1-13(2,3)14(4,5)11-8-6-10(12)7-9-11/h6-9,12H,1-5H3. The predicted octanol–water partition coefficient (Wildman–Crippen LogP) is 2.72. The van der Waals surface area contributed by atoms with Crippen molar-refractivity contribution in [3.05, 3.63) is 24.3 Å². The van der Waals surface area contributed by atoms with Crippen molar-refractivity contribution in [3.8, 4) is 5.75 Å². The molecule has 0 saturated carbocycles. The summed E-state index contributed by atoms with van der Waals surface area (Å²) in [6.45, 7) is 12.2. The van der Waals surface area contributed by atoms with Crippen molar-refractivity contribution in [2.24, 2.45) is 0 Å². The minimum atomic E-state index is -1.28. The largest absolute Gasteiger partial charge is 0.508 e. The van der Waals surface area contributed by atoms with E-state index in [-0.39, 0.29) is 0 Å². The lowest BCUT2D eigenvalue weighted by molar-refractivity contribution is 0.475. The van der Waals surface area contributed by atoms with E-state index in [9.17, 15) is 5.11 Å². The summed E-state index contributed by atoms with van der Waals surface area (Å²) in [5.41, 5.74) is 0. The van der Waals surface area contributed by atoms with Gasteiger partial charge < -0.3 is 5.11 Å². The van der Waals surface area contributed by atoms with Gasteiger partial charge in [0.2, 0.25) is 0 Å². The number of phenolic OH excluding ortho intramolecular Hbond substituents is 1. The SMILES string of the molecule is C[Si](C)(C)[Si](C)(C)c1ccc(O)cc1. The van der Waals surface area contributed by atoms with Gasteiger partial charge in [-0.3, -0.25) is 0 Å². The summed E-state index contributed by atoms with van der Waals surface area (Å²) >= 11 is 0. The number of aromatic hydroxyl groups is 1. The van der Waals surface area contributed by atoms with Crippen molar-refractivity contribution in [1.82, 2.24) is 0 Å². The summed E-state index contributed by atoms with van der Waals surface area (Å²) in [7, 11) is -2.36. The molecule has 0 aromatic heterocycles. The first-order valence-electron chi connectivity index (χ1n) is 5.04. The first kappa shape index (κ1) is 11.5. The Labute approximate surface area is 88.6 Å². The normalized spacial score (nSPS) is 12.9. The van der Waals surface area contributed by atoms with Gasteiger partial charge in [-0.05, 0) is 12.1 Å². The number of phenols is 1. The van der Waals surface area contributed by atoms with Gasteiger partial charge in [0.1, 0.15) is 5.75 Å². The van der Waals surface area contributed by atoms with E-state index in [2.05, 4.69) is 44.9 Å². The van der Waals surface area contributed by atoms with Gasteiger partial charge in [-0.2, -0.15) is 0 Å². The highest BCUT2D eigenvalue weighted by Crippen LogP contribution is 2.19. The predicted molar refractivity (Wildman–Crippen MR) is 68.6 cm³/mol. The molecule has 0 spiro atoms. The summed E-state index contributed by atoms with van der Waals surface area (Å²) in [6.07, 6.45) is 0. The molecular formula is C11H20OSi2. The van der Waals surface area contributed by atoms with Gasteiger partial charge in [-0.25, -0.2) is 0 Å². The molecule has 0 aliphatic carbocycles. The van der Waals surface area contributed by atoms with E-state index in [4.69, 9.17) is 0 Å². The van der Waals surface area contributed by atoms with Crippen LogP contribution in [0, 0.1) is 0 Å². The lowest BCUT2D eigenvalue weighted by atomic mass is 10.3. The first-order chi connectivity index (χ1) is 6.25. The lowest BCUT2D eigenvalue weighted by Gasteiger charge is -2.35. The maximum Gasteiger partial charge on any atom is 0.115 e. The molecular weight excluding hydrogens is 204 g/mol. The fraction of sp³-hybridized carbons (Fsp3) is 0.455. The highest BCUT2D eigenvalue weighted by atomic mass is 29.3. The number of hydrogen-bond acceptors (Lipinski definition) is 1. The fourth-order valence-corrected chi connectivity index (χ4v) is 6.28. The van der Waals surface area contributed by atoms with Crippen LogP contribution in [-0.4, -0.2) is 20.3 Å². The third-order valence-corrected chi connectivity index (χ3v) is 21.1. The molecule has 14 heavy (non-hydrogen) atoms. The maximum atomic E-state index is 9.25. The Bertz CT molecular complexity index is 309. The van der Waals surface area contributed by atoms with Gasteiger partial charge in [0.25, 0.3) is 0 Å². The van der Waals surface area contributed by atoms with Crippen LogP contribution in [0.3, 0.4) is 0 Å². The van der Waals surface area contributed by atoms with Crippen molar-refractivity contribution in [1.29, 1.82) is 0 Å². The summed E-state index contributed by atoms with van der Waals surface area (Å²) < 4.78 is 0. The summed E-state index contributed by atoms with van der Waals surface area (Å²) in [5.74, 6) is 0.370. The first-order valence-corrected chi connectivity index (χ1v) is 12.5. The van der Waals surface area contributed by atoms with E-state index in [0.717, 1.165) is 0 Å². The lowest BCUT2D eigenvalue weighted by Crippen LogP contribution is -2.61. The zero-order valence-corrected chi connectivity index (χ0v) is 11.8. The zero-order valence-electron chi connectivity index (χ0n) is 9.76. The van der Waals surface area contributed by atoms with E-state index in [1.807, 2.05) is 12.1 Å². The molecule has 1 aromatic rings. The van der Waals surface area contributed by atoms with Gasteiger partial charge in [-0.15, -0.1) is 0 Å². The molecule has 0 saturated heterocycles. The Hall–Kier alpha value is -0.546. The maximum absolute atomic E-state index is 9.25. The Morgan fingerprint density at radius 3 is 1.64 bits per heavy atom. The minimum Gasteiger partial charge on any atom is -0.508 e. The second-order valence-electron chi connectivity index (χ2n) is 5.42. The molecule has 0 unspecified atom stereocenters. The van der Waals surface area contributed by atoms with Crippen molar-refractivity contribution in [2.45, 2.75) is 32.7 Å². The van der Waals surface area contributed by atoms with Crippen LogP contribution >= 0.6 is 0 Å². The summed E-state index contributed by atoms with van der Waals surface area (Å²) in [5, 5.41) is 10.7. The van der Waals surface area contributed by atoms with E-state index < -0.39 is 15.2 Å². The van der Waals surface area contributed by atoms with Crippen LogP contribution < -0.4 is 5.19 Å². The third kappa shape index (κ3) is 2.09. The Morgan fingerprint density at radius 2 is 1.29 bits per heavy atom.